The van der Waals surface area contributed by atoms with Crippen LogP contribution in [0.15, 0.2) is 82.8 Å². The molecule has 0 aliphatic carbocycles. The Labute approximate surface area is 199 Å². The third-order valence-corrected chi connectivity index (χ3v) is 6.78. The Morgan fingerprint density at radius 2 is 1.65 bits per heavy atom. The highest BCUT2D eigenvalue weighted by atomic mass is 32.2. The fourth-order valence-corrected chi connectivity index (χ4v) is 4.57. The van der Waals surface area contributed by atoms with Gasteiger partial charge in [-0.05, 0) is 30.2 Å². The molecule has 0 bridgehead atoms. The van der Waals surface area contributed by atoms with E-state index in [4.69, 9.17) is 9.47 Å². The van der Waals surface area contributed by atoms with E-state index in [9.17, 15) is 13.2 Å². The number of hydrogen-bond donors (Lipinski definition) is 1. The molecule has 178 valence electrons. The van der Waals surface area contributed by atoms with Gasteiger partial charge in [-0.1, -0.05) is 60.2 Å². The van der Waals surface area contributed by atoms with Crippen LogP contribution in [-0.2, 0) is 21.4 Å². The molecule has 0 aromatic heterocycles. The van der Waals surface area contributed by atoms with Gasteiger partial charge in [0, 0.05) is 12.6 Å². The van der Waals surface area contributed by atoms with Crippen molar-refractivity contribution in [3.8, 4) is 11.5 Å². The van der Waals surface area contributed by atoms with Crippen molar-refractivity contribution in [2.24, 2.45) is 5.10 Å². The normalized spacial score (nSPS) is 11.5. The minimum Gasteiger partial charge on any atom is -0.493 e. The number of methoxy groups -OCH3 is 2. The fourth-order valence-electron chi connectivity index (χ4n) is 3.17. The molecule has 9 heteroatoms. The summed E-state index contributed by atoms with van der Waals surface area (Å²) in [6, 6.07) is 21.0. The summed E-state index contributed by atoms with van der Waals surface area (Å²) in [5.74, 6) is 0.109. The first-order valence-electron chi connectivity index (χ1n) is 10.5. The van der Waals surface area contributed by atoms with Gasteiger partial charge in [0.2, 0.25) is 10.0 Å². The number of carbonyl (C=O) groups is 1. The van der Waals surface area contributed by atoms with Crippen LogP contribution < -0.4 is 14.9 Å². The summed E-state index contributed by atoms with van der Waals surface area (Å²) < 4.78 is 38.5. The maximum absolute atomic E-state index is 13.5. The Morgan fingerprint density at radius 3 is 2.29 bits per heavy atom. The third kappa shape index (κ3) is 6.43. The first kappa shape index (κ1) is 24.9. The summed E-state index contributed by atoms with van der Waals surface area (Å²) in [4.78, 5) is 12.6. The maximum atomic E-state index is 13.5. The Kier molecular flexibility index (Phi) is 8.39. The Hall–Kier alpha value is -3.69. The van der Waals surface area contributed by atoms with Gasteiger partial charge < -0.3 is 9.47 Å². The second-order valence-electron chi connectivity index (χ2n) is 7.48. The van der Waals surface area contributed by atoms with Gasteiger partial charge in [-0.15, -0.1) is 0 Å². The van der Waals surface area contributed by atoms with Crippen LogP contribution in [-0.4, -0.2) is 45.6 Å². The third-order valence-electron chi connectivity index (χ3n) is 4.99. The monoisotopic (exact) mass is 481 g/mol. The smallest absolute Gasteiger partial charge is 0.255 e. The minimum atomic E-state index is -4.05. The van der Waals surface area contributed by atoms with Crippen molar-refractivity contribution in [3.05, 3.63) is 89.5 Å². The summed E-state index contributed by atoms with van der Waals surface area (Å²) in [6.45, 7) is 1.56. The molecule has 0 fully saturated rings. The van der Waals surface area contributed by atoms with Crippen molar-refractivity contribution >= 4 is 22.1 Å². The second kappa shape index (κ2) is 11.4. The largest absolute Gasteiger partial charge is 0.493 e. The molecule has 34 heavy (non-hydrogen) atoms. The molecule has 0 spiro atoms. The predicted octanol–water partition coefficient (Wildman–Crippen LogP) is 3.35. The number of sulfonamides is 1. The van der Waals surface area contributed by atoms with Crippen LogP contribution in [0.4, 0.5) is 0 Å². The first-order valence-corrected chi connectivity index (χ1v) is 11.9. The molecule has 0 heterocycles. The molecule has 0 saturated carbocycles. The van der Waals surface area contributed by atoms with Crippen molar-refractivity contribution in [1.29, 1.82) is 0 Å². The van der Waals surface area contributed by atoms with Crippen molar-refractivity contribution in [2.75, 3.05) is 20.8 Å². The average molecular weight is 482 g/mol. The average Bonchev–Trinajstić information content (AvgIpc) is 2.85. The molecule has 3 aromatic carbocycles. The molecule has 0 aliphatic rings. The van der Waals surface area contributed by atoms with Crippen molar-refractivity contribution in [2.45, 2.75) is 18.4 Å². The maximum Gasteiger partial charge on any atom is 0.255 e. The number of amides is 1. The van der Waals surface area contributed by atoms with Crippen molar-refractivity contribution in [3.63, 3.8) is 0 Å². The molecular formula is C25H27N3O5S. The lowest BCUT2D eigenvalue weighted by Gasteiger charge is -2.22. The lowest BCUT2D eigenvalue weighted by molar-refractivity contribution is -0.121. The number of ether oxygens (including phenoxy) is 2. The van der Waals surface area contributed by atoms with E-state index in [-0.39, 0.29) is 17.2 Å². The Morgan fingerprint density at radius 1 is 0.971 bits per heavy atom. The van der Waals surface area contributed by atoms with E-state index in [1.54, 1.807) is 12.1 Å². The van der Waals surface area contributed by atoms with E-state index in [1.807, 2.05) is 49.4 Å². The zero-order chi connectivity index (χ0) is 24.6. The summed E-state index contributed by atoms with van der Waals surface area (Å²) >= 11 is 0. The molecule has 3 rings (SSSR count). The minimum absolute atomic E-state index is 0.00656. The second-order valence-corrected chi connectivity index (χ2v) is 9.42. The number of hydrazone groups is 1. The van der Waals surface area contributed by atoms with Crippen LogP contribution in [0.1, 0.15) is 16.7 Å². The highest BCUT2D eigenvalue weighted by Gasteiger charge is 2.28. The number of aryl methyl sites for hydroxylation is 1. The summed E-state index contributed by atoms with van der Waals surface area (Å²) in [7, 11) is -1.16. The molecule has 8 nitrogen and oxygen atoms in total. The molecule has 0 radical (unpaired) electrons. The summed E-state index contributed by atoms with van der Waals surface area (Å²) in [6.07, 6.45) is 1.50. The van der Waals surface area contributed by atoms with E-state index < -0.39 is 22.5 Å². The summed E-state index contributed by atoms with van der Waals surface area (Å²) in [5.41, 5.74) is 5.06. The van der Waals surface area contributed by atoms with E-state index in [0.717, 1.165) is 21.0 Å². The molecule has 0 aliphatic heterocycles. The number of benzene rings is 3. The van der Waals surface area contributed by atoms with E-state index >= 15 is 0 Å². The fraction of sp³-hybridized carbons (Fsp3) is 0.200. The zero-order valence-electron chi connectivity index (χ0n) is 19.3. The van der Waals surface area contributed by atoms with Crippen LogP contribution in [0.5, 0.6) is 11.5 Å². The molecule has 1 amide bonds. The van der Waals surface area contributed by atoms with Gasteiger partial charge in [0.1, 0.15) is 0 Å². The van der Waals surface area contributed by atoms with Crippen LogP contribution in [0.3, 0.4) is 0 Å². The molecule has 0 unspecified atom stereocenters. The lowest BCUT2D eigenvalue weighted by atomic mass is 10.2. The standard InChI is InChI=1S/C25H27N3O5S/c1-19-9-11-20(12-10-19)16-26-27-25(29)18-28(17-21-7-5-4-6-8-21)34(30,31)22-13-14-23(32-2)24(15-22)33-3/h4-16H,17-18H2,1-3H3,(H,27,29)/b26-16-. The van der Waals surface area contributed by atoms with Gasteiger partial charge in [0.25, 0.3) is 5.91 Å². The molecule has 0 saturated heterocycles. The van der Waals surface area contributed by atoms with Crippen molar-refractivity contribution in [1.82, 2.24) is 9.73 Å². The van der Waals surface area contributed by atoms with E-state index in [0.29, 0.717) is 5.75 Å². The van der Waals surface area contributed by atoms with Crippen LogP contribution in [0, 0.1) is 6.92 Å². The van der Waals surface area contributed by atoms with E-state index in [1.165, 1.54) is 38.6 Å². The van der Waals surface area contributed by atoms with Gasteiger partial charge in [-0.2, -0.15) is 9.41 Å². The van der Waals surface area contributed by atoms with Gasteiger partial charge >= 0.3 is 0 Å². The van der Waals surface area contributed by atoms with Crippen LogP contribution in [0.2, 0.25) is 0 Å². The molecule has 1 N–H and O–H groups in total. The van der Waals surface area contributed by atoms with Gasteiger partial charge in [0.05, 0.1) is 31.9 Å². The van der Waals surface area contributed by atoms with Crippen LogP contribution >= 0.6 is 0 Å². The number of nitrogens with one attached hydrogen (secondary N) is 1. The van der Waals surface area contributed by atoms with Crippen molar-refractivity contribution < 1.29 is 22.7 Å². The number of carbonyl (C=O) groups excluding carboxylic acids is 1. The first-order chi connectivity index (χ1) is 16.3. The summed E-state index contributed by atoms with van der Waals surface area (Å²) in [5, 5.41) is 3.95. The highest BCUT2D eigenvalue weighted by Crippen LogP contribution is 2.31. The Balaban J connectivity index is 1.83. The van der Waals surface area contributed by atoms with E-state index in [2.05, 4.69) is 10.5 Å². The number of hydrogen-bond acceptors (Lipinski definition) is 6. The molecular weight excluding hydrogens is 454 g/mol. The van der Waals surface area contributed by atoms with Gasteiger partial charge in [0.15, 0.2) is 11.5 Å². The number of nitrogens with zero attached hydrogens (tertiary/aromatic N) is 2. The van der Waals surface area contributed by atoms with Gasteiger partial charge in [-0.3, -0.25) is 4.79 Å². The number of rotatable bonds is 10. The molecule has 3 aromatic rings. The molecule has 0 atom stereocenters. The highest BCUT2D eigenvalue weighted by molar-refractivity contribution is 7.89. The lowest BCUT2D eigenvalue weighted by Crippen LogP contribution is -2.39. The topological polar surface area (TPSA) is 97.3 Å². The zero-order valence-corrected chi connectivity index (χ0v) is 20.1. The predicted molar refractivity (Wildman–Crippen MR) is 130 cm³/mol. The van der Waals surface area contributed by atoms with Gasteiger partial charge in [-0.25, -0.2) is 13.8 Å². The Bertz CT molecular complexity index is 1240. The van der Waals surface area contributed by atoms with Crippen LogP contribution in [0.25, 0.3) is 0 Å². The quantitative estimate of drug-likeness (QED) is 0.354. The SMILES string of the molecule is COc1ccc(S(=O)(=O)N(CC(=O)N/N=C\c2ccc(C)cc2)Cc2ccccc2)cc1OC.